The number of carbonyl (C=O) groups excluding carboxylic acids is 1. The summed E-state index contributed by atoms with van der Waals surface area (Å²) < 4.78 is 2.92. The summed E-state index contributed by atoms with van der Waals surface area (Å²) in [5.74, 6) is 0.659. The van der Waals surface area contributed by atoms with Crippen molar-refractivity contribution in [2.45, 2.75) is 18.9 Å². The Morgan fingerprint density at radius 3 is 2.90 bits per heavy atom. The summed E-state index contributed by atoms with van der Waals surface area (Å²) in [6.45, 7) is 0. The van der Waals surface area contributed by atoms with Crippen LogP contribution in [0.15, 0.2) is 35.3 Å². The Balaban J connectivity index is 1.47. The number of anilines is 2. The van der Waals surface area contributed by atoms with E-state index in [4.69, 9.17) is 11.6 Å². The zero-order valence-corrected chi connectivity index (χ0v) is 16.5. The van der Waals surface area contributed by atoms with Gasteiger partial charge in [-0.05, 0) is 35.4 Å². The van der Waals surface area contributed by atoms with Crippen molar-refractivity contribution in [3.05, 3.63) is 45.8 Å². The summed E-state index contributed by atoms with van der Waals surface area (Å²) in [5, 5.41) is 19.8. The van der Waals surface area contributed by atoms with Crippen LogP contribution in [0.5, 0.6) is 0 Å². The average Bonchev–Trinajstić information content (AvgIpc) is 3.42. The van der Waals surface area contributed by atoms with Gasteiger partial charge in [0.15, 0.2) is 5.82 Å². The van der Waals surface area contributed by atoms with Crippen LogP contribution in [0.2, 0.25) is 5.02 Å². The van der Waals surface area contributed by atoms with Gasteiger partial charge in [0, 0.05) is 25.3 Å². The fourth-order valence-corrected chi connectivity index (χ4v) is 3.09. The van der Waals surface area contributed by atoms with Gasteiger partial charge in [-0.15, -0.1) is 5.10 Å². The van der Waals surface area contributed by atoms with Crippen LogP contribution >= 0.6 is 11.6 Å². The maximum atomic E-state index is 12.4. The lowest BCUT2D eigenvalue weighted by molar-refractivity contribution is 0.251. The SMILES string of the molecule is CN(NC(=O)Nc1cccc(-c2nnnn2C2CC2)c1)c1cnn(C)c(=O)c1Cl. The van der Waals surface area contributed by atoms with E-state index < -0.39 is 11.6 Å². The predicted molar refractivity (Wildman–Crippen MR) is 107 cm³/mol. The highest BCUT2D eigenvalue weighted by Crippen LogP contribution is 2.36. The normalized spacial score (nSPS) is 13.2. The summed E-state index contributed by atoms with van der Waals surface area (Å²) in [7, 11) is 3.05. The van der Waals surface area contributed by atoms with Gasteiger partial charge in [-0.2, -0.15) is 5.10 Å². The number of aryl methyl sites for hydroxylation is 1. The van der Waals surface area contributed by atoms with Crippen molar-refractivity contribution < 1.29 is 4.79 Å². The van der Waals surface area contributed by atoms with E-state index in [2.05, 4.69) is 31.4 Å². The van der Waals surface area contributed by atoms with Gasteiger partial charge in [-0.3, -0.25) is 9.80 Å². The number of hydrazine groups is 1. The highest BCUT2D eigenvalue weighted by Gasteiger charge is 2.28. The van der Waals surface area contributed by atoms with Crippen LogP contribution in [-0.2, 0) is 7.05 Å². The van der Waals surface area contributed by atoms with Gasteiger partial charge in [0.25, 0.3) is 5.56 Å². The Kier molecular flexibility index (Phi) is 4.89. The molecule has 1 aliphatic rings. The van der Waals surface area contributed by atoms with Crippen molar-refractivity contribution in [1.29, 1.82) is 0 Å². The van der Waals surface area contributed by atoms with E-state index in [1.54, 1.807) is 23.9 Å². The highest BCUT2D eigenvalue weighted by atomic mass is 35.5. The molecule has 1 saturated carbocycles. The molecule has 1 fully saturated rings. The molecule has 0 spiro atoms. The molecule has 2 N–H and O–H groups in total. The molecule has 11 nitrogen and oxygen atoms in total. The molecule has 3 aromatic rings. The van der Waals surface area contributed by atoms with Crippen molar-refractivity contribution in [1.82, 2.24) is 35.4 Å². The van der Waals surface area contributed by atoms with E-state index in [-0.39, 0.29) is 10.7 Å². The molecule has 12 heteroatoms. The molecule has 1 aromatic carbocycles. The molecule has 0 atom stereocenters. The molecule has 0 saturated heterocycles. The smallest absolute Gasteiger partial charge is 0.307 e. The van der Waals surface area contributed by atoms with Crippen LogP contribution in [0.3, 0.4) is 0 Å². The Hall–Kier alpha value is -3.47. The largest absolute Gasteiger partial charge is 0.338 e. The number of aromatic nitrogens is 6. The van der Waals surface area contributed by atoms with Crippen molar-refractivity contribution in [2.24, 2.45) is 7.05 Å². The Bertz CT molecular complexity index is 1120. The van der Waals surface area contributed by atoms with Gasteiger partial charge in [-0.25, -0.2) is 19.6 Å². The number of tetrazole rings is 1. The van der Waals surface area contributed by atoms with Crippen molar-refractivity contribution in [2.75, 3.05) is 17.4 Å². The zero-order chi connectivity index (χ0) is 20.5. The molecule has 0 aliphatic heterocycles. The number of hydrogen-bond acceptors (Lipinski definition) is 7. The molecule has 0 radical (unpaired) electrons. The van der Waals surface area contributed by atoms with Crippen LogP contribution < -0.4 is 21.3 Å². The van der Waals surface area contributed by atoms with Crippen LogP contribution in [0, 0.1) is 0 Å². The van der Waals surface area contributed by atoms with Crippen LogP contribution in [0.25, 0.3) is 11.4 Å². The van der Waals surface area contributed by atoms with E-state index >= 15 is 0 Å². The van der Waals surface area contributed by atoms with E-state index in [9.17, 15) is 9.59 Å². The first-order valence-corrected chi connectivity index (χ1v) is 9.23. The first-order valence-electron chi connectivity index (χ1n) is 8.85. The topological polar surface area (TPSA) is 123 Å². The van der Waals surface area contributed by atoms with E-state index in [0.717, 1.165) is 23.1 Å². The minimum absolute atomic E-state index is 0.0424. The summed E-state index contributed by atoms with van der Waals surface area (Å²) in [6, 6.07) is 7.05. The predicted octanol–water partition coefficient (Wildman–Crippen LogP) is 1.59. The Morgan fingerprint density at radius 1 is 1.34 bits per heavy atom. The molecule has 0 bridgehead atoms. The third kappa shape index (κ3) is 3.90. The second kappa shape index (κ2) is 7.51. The number of rotatable bonds is 5. The Morgan fingerprint density at radius 2 is 2.14 bits per heavy atom. The van der Waals surface area contributed by atoms with E-state index in [0.29, 0.717) is 17.6 Å². The molecule has 29 heavy (non-hydrogen) atoms. The molecule has 2 aromatic heterocycles. The maximum Gasteiger partial charge on any atom is 0.338 e. The van der Waals surface area contributed by atoms with Gasteiger partial charge in [0.2, 0.25) is 0 Å². The molecule has 0 unspecified atom stereocenters. The van der Waals surface area contributed by atoms with Gasteiger partial charge in [-0.1, -0.05) is 23.7 Å². The number of urea groups is 1. The molecule has 1 aliphatic carbocycles. The first-order chi connectivity index (χ1) is 13.9. The molecule has 4 rings (SSSR count). The van der Waals surface area contributed by atoms with Gasteiger partial charge < -0.3 is 5.32 Å². The third-order valence-corrected chi connectivity index (χ3v) is 4.81. The monoisotopic (exact) mass is 415 g/mol. The number of carbonyl (C=O) groups is 1. The van der Waals surface area contributed by atoms with Crippen LogP contribution in [0.1, 0.15) is 18.9 Å². The second-order valence-corrected chi connectivity index (χ2v) is 7.03. The number of benzene rings is 1. The van der Waals surface area contributed by atoms with Crippen molar-refractivity contribution >= 4 is 29.0 Å². The first kappa shape index (κ1) is 18.9. The molecular formula is C17H18ClN9O2. The number of halogens is 1. The standard InChI is InChI=1S/C17H18ClN9O2/c1-25(13-9-19-26(2)16(28)14(13)18)22-17(29)20-11-5-3-4-10(8-11)15-21-23-24-27(15)12-6-7-12/h3-5,8-9,12H,6-7H2,1-2H3,(H2,20,22,29). The van der Waals surface area contributed by atoms with Crippen molar-refractivity contribution in [3.63, 3.8) is 0 Å². The number of amides is 2. The lowest BCUT2D eigenvalue weighted by Gasteiger charge is -2.21. The second-order valence-electron chi connectivity index (χ2n) is 6.66. The molecule has 2 heterocycles. The van der Waals surface area contributed by atoms with Gasteiger partial charge >= 0.3 is 6.03 Å². The summed E-state index contributed by atoms with van der Waals surface area (Å²) in [6.07, 6.45) is 3.51. The van der Waals surface area contributed by atoms with E-state index in [1.165, 1.54) is 18.3 Å². The maximum absolute atomic E-state index is 12.4. The Labute approximate surface area is 170 Å². The molecular weight excluding hydrogens is 398 g/mol. The zero-order valence-electron chi connectivity index (χ0n) is 15.7. The fourth-order valence-electron chi connectivity index (χ4n) is 2.79. The van der Waals surface area contributed by atoms with E-state index in [1.807, 2.05) is 12.1 Å². The lowest BCUT2D eigenvalue weighted by Crippen LogP contribution is -2.43. The molecule has 150 valence electrons. The quantitative estimate of drug-likeness (QED) is 0.606. The van der Waals surface area contributed by atoms with Gasteiger partial charge in [0.05, 0.1) is 12.2 Å². The average molecular weight is 416 g/mol. The summed E-state index contributed by atoms with van der Waals surface area (Å²) >= 11 is 6.05. The van der Waals surface area contributed by atoms with Crippen LogP contribution in [-0.4, -0.2) is 43.1 Å². The number of nitrogens with zero attached hydrogens (tertiary/aromatic N) is 7. The third-order valence-electron chi connectivity index (χ3n) is 4.45. The minimum Gasteiger partial charge on any atom is -0.307 e. The number of nitrogens with one attached hydrogen (secondary N) is 2. The number of hydrogen-bond donors (Lipinski definition) is 2. The van der Waals surface area contributed by atoms with Crippen molar-refractivity contribution in [3.8, 4) is 11.4 Å². The minimum atomic E-state index is -0.511. The highest BCUT2D eigenvalue weighted by molar-refractivity contribution is 6.33. The summed E-state index contributed by atoms with van der Waals surface area (Å²) in [4.78, 5) is 24.3. The molecule has 2 amide bonds. The van der Waals surface area contributed by atoms with Crippen LogP contribution in [0.4, 0.5) is 16.2 Å². The van der Waals surface area contributed by atoms with Gasteiger partial charge in [0.1, 0.15) is 10.7 Å². The lowest BCUT2D eigenvalue weighted by atomic mass is 10.2. The summed E-state index contributed by atoms with van der Waals surface area (Å²) in [5.41, 5.74) is 3.77. The fraction of sp³-hybridized carbons (Fsp3) is 0.294.